The van der Waals surface area contributed by atoms with E-state index in [4.69, 9.17) is 9.47 Å². The van der Waals surface area contributed by atoms with Crippen LogP contribution in [0.4, 0.5) is 4.39 Å². The lowest BCUT2D eigenvalue weighted by atomic mass is 10.0. The van der Waals surface area contributed by atoms with Gasteiger partial charge in [0, 0.05) is 17.4 Å². The Bertz CT molecular complexity index is 517. The number of benzene rings is 1. The first-order valence-electron chi connectivity index (χ1n) is 5.92. The zero-order valence-corrected chi connectivity index (χ0v) is 11.4. The van der Waals surface area contributed by atoms with E-state index in [-0.39, 0.29) is 29.5 Å². The molecule has 1 aromatic rings. The summed E-state index contributed by atoms with van der Waals surface area (Å²) in [5.41, 5.74) is 0.513. The van der Waals surface area contributed by atoms with Crippen molar-refractivity contribution in [2.75, 3.05) is 13.2 Å². The van der Waals surface area contributed by atoms with Gasteiger partial charge in [-0.3, -0.25) is 4.79 Å². The molecule has 2 aliphatic rings. The molecule has 1 saturated carbocycles. The van der Waals surface area contributed by atoms with Crippen LogP contribution in [-0.4, -0.2) is 19.2 Å². The molecule has 1 fully saturated rings. The molecule has 1 aliphatic carbocycles. The molecule has 0 aromatic heterocycles. The third-order valence-electron chi connectivity index (χ3n) is 3.58. The van der Waals surface area contributed by atoms with Crippen molar-refractivity contribution >= 4 is 21.9 Å². The molecule has 1 aromatic carbocycles. The molecule has 0 bridgehead atoms. The molecule has 0 N–H and O–H groups in total. The lowest BCUT2D eigenvalue weighted by molar-refractivity contribution is -0.145. The van der Waals surface area contributed by atoms with Crippen molar-refractivity contribution in [1.82, 2.24) is 0 Å². The minimum absolute atomic E-state index is 0.0559. The Morgan fingerprint density at radius 2 is 2.39 bits per heavy atom. The van der Waals surface area contributed by atoms with E-state index in [1.165, 1.54) is 6.07 Å². The van der Waals surface area contributed by atoms with Gasteiger partial charge in [-0.2, -0.15) is 0 Å². The Morgan fingerprint density at radius 1 is 1.61 bits per heavy atom. The second-order valence-electron chi connectivity index (χ2n) is 4.55. The number of carbonyl (C=O) groups excluding carboxylic acids is 1. The summed E-state index contributed by atoms with van der Waals surface area (Å²) in [6, 6.07) is 3.02. The van der Waals surface area contributed by atoms with Crippen LogP contribution in [0.3, 0.4) is 0 Å². The molecule has 0 radical (unpaired) electrons. The first-order valence-corrected chi connectivity index (χ1v) is 6.71. The maximum atomic E-state index is 13.9. The molecule has 18 heavy (non-hydrogen) atoms. The van der Waals surface area contributed by atoms with Gasteiger partial charge < -0.3 is 9.47 Å². The van der Waals surface area contributed by atoms with Gasteiger partial charge in [0.05, 0.1) is 23.6 Å². The zero-order valence-electron chi connectivity index (χ0n) is 9.78. The van der Waals surface area contributed by atoms with Crippen LogP contribution in [0.25, 0.3) is 0 Å². The van der Waals surface area contributed by atoms with Crippen LogP contribution in [0, 0.1) is 17.7 Å². The number of hydrogen-bond acceptors (Lipinski definition) is 3. The van der Waals surface area contributed by atoms with Crippen molar-refractivity contribution in [2.45, 2.75) is 12.8 Å². The van der Waals surface area contributed by atoms with E-state index < -0.39 is 0 Å². The fourth-order valence-electron chi connectivity index (χ4n) is 2.72. The highest BCUT2D eigenvalue weighted by Crippen LogP contribution is 2.61. The number of halogens is 2. The standard InChI is InChI=1S/C13H12BrFO3/c1-2-17-13(16)10-6-5-18-12-7(14)3-4-8(15)11(12)9(6)10/h3-4,6,9-10H,2,5H2,1H3/t6-,9+,10?/m0/s1. The van der Waals surface area contributed by atoms with E-state index in [1.807, 2.05) is 0 Å². The van der Waals surface area contributed by atoms with E-state index in [9.17, 15) is 9.18 Å². The van der Waals surface area contributed by atoms with Gasteiger partial charge in [-0.25, -0.2) is 4.39 Å². The zero-order chi connectivity index (χ0) is 12.9. The van der Waals surface area contributed by atoms with Gasteiger partial charge in [0.1, 0.15) is 11.6 Å². The molecule has 96 valence electrons. The van der Waals surface area contributed by atoms with Gasteiger partial charge >= 0.3 is 5.97 Å². The molecule has 1 unspecified atom stereocenters. The van der Waals surface area contributed by atoms with Crippen LogP contribution in [0.5, 0.6) is 5.75 Å². The molecule has 1 heterocycles. The molecule has 1 aliphatic heterocycles. The average molecular weight is 315 g/mol. The summed E-state index contributed by atoms with van der Waals surface area (Å²) in [4.78, 5) is 11.8. The minimum atomic E-state index is -0.310. The van der Waals surface area contributed by atoms with Crippen molar-refractivity contribution in [2.24, 2.45) is 11.8 Å². The van der Waals surface area contributed by atoms with Crippen molar-refractivity contribution in [3.63, 3.8) is 0 Å². The largest absolute Gasteiger partial charge is 0.492 e. The Balaban J connectivity index is 1.95. The first-order chi connectivity index (χ1) is 8.65. The maximum absolute atomic E-state index is 13.9. The molecule has 3 atom stereocenters. The molecule has 3 nitrogen and oxygen atoms in total. The van der Waals surface area contributed by atoms with Crippen LogP contribution in [0.15, 0.2) is 16.6 Å². The van der Waals surface area contributed by atoms with E-state index >= 15 is 0 Å². The number of fused-ring (bicyclic) bond motifs is 3. The fraction of sp³-hybridized carbons (Fsp3) is 0.462. The number of ether oxygens (including phenoxy) is 2. The smallest absolute Gasteiger partial charge is 0.309 e. The number of hydrogen-bond donors (Lipinski definition) is 0. The van der Waals surface area contributed by atoms with E-state index in [0.29, 0.717) is 24.5 Å². The Morgan fingerprint density at radius 3 is 3.11 bits per heavy atom. The summed E-state index contributed by atoms with van der Waals surface area (Å²) in [6.07, 6.45) is 0. The molecular weight excluding hydrogens is 303 g/mol. The number of rotatable bonds is 2. The van der Waals surface area contributed by atoms with E-state index in [1.54, 1.807) is 13.0 Å². The number of esters is 1. The Kier molecular flexibility index (Phi) is 2.81. The maximum Gasteiger partial charge on any atom is 0.309 e. The van der Waals surface area contributed by atoms with E-state index in [2.05, 4.69) is 15.9 Å². The summed E-state index contributed by atoms with van der Waals surface area (Å²) in [5, 5.41) is 0. The Labute approximate surface area is 112 Å². The van der Waals surface area contributed by atoms with Gasteiger partial charge in [-0.05, 0) is 35.0 Å². The minimum Gasteiger partial charge on any atom is -0.492 e. The predicted molar refractivity (Wildman–Crippen MR) is 65.9 cm³/mol. The lowest BCUT2D eigenvalue weighted by Gasteiger charge is -2.17. The highest BCUT2D eigenvalue weighted by atomic mass is 79.9. The predicted octanol–water partition coefficient (Wildman–Crippen LogP) is 2.87. The molecule has 5 heteroatoms. The van der Waals surface area contributed by atoms with Crippen LogP contribution < -0.4 is 4.74 Å². The van der Waals surface area contributed by atoms with Crippen molar-refractivity contribution in [3.8, 4) is 5.75 Å². The van der Waals surface area contributed by atoms with Crippen LogP contribution in [0.1, 0.15) is 18.4 Å². The van der Waals surface area contributed by atoms with Gasteiger partial charge in [0.2, 0.25) is 0 Å². The molecule has 0 amide bonds. The topological polar surface area (TPSA) is 35.5 Å². The highest BCUT2D eigenvalue weighted by molar-refractivity contribution is 9.10. The first kappa shape index (κ1) is 12.0. The van der Waals surface area contributed by atoms with Crippen LogP contribution in [-0.2, 0) is 9.53 Å². The van der Waals surface area contributed by atoms with Gasteiger partial charge in [0.25, 0.3) is 0 Å². The van der Waals surface area contributed by atoms with Crippen LogP contribution in [0.2, 0.25) is 0 Å². The van der Waals surface area contributed by atoms with E-state index in [0.717, 1.165) is 4.47 Å². The SMILES string of the molecule is CCOC(=O)C1[C@H]2COc3c(Br)ccc(F)c3[C@@H]12. The molecule has 3 rings (SSSR count). The summed E-state index contributed by atoms with van der Waals surface area (Å²) in [5.74, 6) is -0.318. The molecule has 0 spiro atoms. The summed E-state index contributed by atoms with van der Waals surface area (Å²) in [6.45, 7) is 2.57. The lowest BCUT2D eigenvalue weighted by Crippen LogP contribution is -2.11. The molecule has 0 saturated heterocycles. The van der Waals surface area contributed by atoms with Gasteiger partial charge in [0.15, 0.2) is 0 Å². The van der Waals surface area contributed by atoms with Crippen molar-refractivity contribution in [1.29, 1.82) is 0 Å². The quantitative estimate of drug-likeness (QED) is 0.787. The summed E-state index contributed by atoms with van der Waals surface area (Å²) in [7, 11) is 0. The summed E-state index contributed by atoms with van der Waals surface area (Å²) < 4.78 is 25.2. The Hall–Kier alpha value is -1.10. The third kappa shape index (κ3) is 1.64. The average Bonchev–Trinajstić information content (AvgIpc) is 3.08. The van der Waals surface area contributed by atoms with Crippen molar-refractivity contribution in [3.05, 3.63) is 28.0 Å². The number of carbonyl (C=O) groups is 1. The highest BCUT2D eigenvalue weighted by Gasteiger charge is 2.60. The summed E-state index contributed by atoms with van der Waals surface area (Å²) >= 11 is 3.34. The molecular formula is C13H12BrFO3. The van der Waals surface area contributed by atoms with Crippen LogP contribution >= 0.6 is 15.9 Å². The van der Waals surface area contributed by atoms with Crippen molar-refractivity contribution < 1.29 is 18.7 Å². The second kappa shape index (κ2) is 4.23. The second-order valence-corrected chi connectivity index (χ2v) is 5.40. The van der Waals surface area contributed by atoms with Gasteiger partial charge in [-0.1, -0.05) is 0 Å². The fourth-order valence-corrected chi connectivity index (χ4v) is 3.18. The monoisotopic (exact) mass is 314 g/mol. The third-order valence-corrected chi connectivity index (χ3v) is 4.20. The normalized spacial score (nSPS) is 27.8. The van der Waals surface area contributed by atoms with Gasteiger partial charge in [-0.15, -0.1) is 0 Å².